The summed E-state index contributed by atoms with van der Waals surface area (Å²) in [5, 5.41) is 15.8. The molecule has 1 aliphatic rings. The lowest BCUT2D eigenvalue weighted by Gasteiger charge is -2.10. The standard InChI is InChI=1S/C38H38FN5O4/c39-31-10-7-27(8-11-31)25-44-16-13-33-30(4-2-6-36(33)44)24-40-14-17-45-19-20-46-18-15-41-32-5-1-3-28(21-32)34-23-35(43-42-34)29-9-12-37-38(22-29)48-26-47-37/h1-13,16,21-23,40-41H,14-15,17-20,24-26H2,(H,42,43). The van der Waals surface area contributed by atoms with Crippen LogP contribution in [0.1, 0.15) is 11.1 Å². The van der Waals surface area contributed by atoms with Crippen molar-refractivity contribution in [3.05, 3.63) is 120 Å². The second-order valence-electron chi connectivity index (χ2n) is 11.6. The van der Waals surface area contributed by atoms with Crippen LogP contribution in [-0.4, -0.2) is 61.1 Å². The molecule has 0 aliphatic carbocycles. The Hall–Kier alpha value is -5.16. The van der Waals surface area contributed by atoms with Gasteiger partial charge in [-0.2, -0.15) is 5.10 Å². The summed E-state index contributed by atoms with van der Waals surface area (Å²) in [6.07, 6.45) is 2.09. The maximum Gasteiger partial charge on any atom is 0.231 e. The van der Waals surface area contributed by atoms with Gasteiger partial charge in [0.05, 0.1) is 37.8 Å². The molecule has 48 heavy (non-hydrogen) atoms. The highest BCUT2D eigenvalue weighted by atomic mass is 19.1. The summed E-state index contributed by atoms with van der Waals surface area (Å²) < 4.78 is 37.9. The van der Waals surface area contributed by atoms with E-state index in [4.69, 9.17) is 18.9 Å². The normalized spacial score (nSPS) is 12.2. The maximum absolute atomic E-state index is 13.3. The molecule has 3 heterocycles. The van der Waals surface area contributed by atoms with Crippen molar-refractivity contribution in [1.29, 1.82) is 0 Å². The number of aromatic amines is 1. The van der Waals surface area contributed by atoms with Crippen LogP contribution in [0.25, 0.3) is 33.4 Å². The molecule has 246 valence electrons. The van der Waals surface area contributed by atoms with Gasteiger partial charge < -0.3 is 34.1 Å². The highest BCUT2D eigenvalue weighted by Crippen LogP contribution is 2.36. The van der Waals surface area contributed by atoms with Crippen LogP contribution >= 0.6 is 0 Å². The van der Waals surface area contributed by atoms with Crippen molar-refractivity contribution < 1.29 is 23.3 Å². The summed E-state index contributed by atoms with van der Waals surface area (Å²) in [4.78, 5) is 0. The van der Waals surface area contributed by atoms with Crippen LogP contribution in [0.2, 0.25) is 0 Å². The highest BCUT2D eigenvalue weighted by molar-refractivity contribution is 5.83. The summed E-state index contributed by atoms with van der Waals surface area (Å²) >= 11 is 0. The van der Waals surface area contributed by atoms with Gasteiger partial charge in [-0.1, -0.05) is 36.4 Å². The second kappa shape index (κ2) is 15.2. The molecule has 0 saturated carbocycles. The SMILES string of the molecule is Fc1ccc(Cn2ccc3c(CNCCOCCOCCNc4cccc(-c5cc(-c6ccc7c(c6)OCO7)[nH]n5)c4)cccc32)cc1. The van der Waals surface area contributed by atoms with E-state index in [2.05, 4.69) is 61.9 Å². The van der Waals surface area contributed by atoms with E-state index in [0.29, 0.717) is 39.5 Å². The van der Waals surface area contributed by atoms with Crippen LogP contribution in [0, 0.1) is 5.82 Å². The number of anilines is 1. The summed E-state index contributed by atoms with van der Waals surface area (Å²) in [7, 11) is 0. The number of ether oxygens (including phenoxy) is 4. The Labute approximate surface area is 278 Å². The first kappa shape index (κ1) is 31.4. The molecular formula is C38H38FN5O4. The molecule has 0 amide bonds. The predicted molar refractivity (Wildman–Crippen MR) is 185 cm³/mol. The Bertz CT molecular complexity index is 1960. The van der Waals surface area contributed by atoms with E-state index in [9.17, 15) is 4.39 Å². The van der Waals surface area contributed by atoms with Crippen molar-refractivity contribution in [3.63, 3.8) is 0 Å². The van der Waals surface area contributed by atoms with E-state index >= 15 is 0 Å². The van der Waals surface area contributed by atoms with Crippen LogP contribution in [0.3, 0.4) is 0 Å². The van der Waals surface area contributed by atoms with Crippen LogP contribution < -0.4 is 20.1 Å². The Morgan fingerprint density at radius 3 is 2.52 bits per heavy atom. The minimum Gasteiger partial charge on any atom is -0.454 e. The molecule has 1 aliphatic heterocycles. The van der Waals surface area contributed by atoms with Crippen LogP contribution in [0.4, 0.5) is 10.1 Å². The lowest BCUT2D eigenvalue weighted by atomic mass is 10.1. The molecule has 0 radical (unpaired) electrons. The minimum absolute atomic E-state index is 0.215. The molecule has 0 atom stereocenters. The number of nitrogens with one attached hydrogen (secondary N) is 3. The van der Waals surface area contributed by atoms with Gasteiger partial charge >= 0.3 is 0 Å². The fraction of sp³-hybridized carbons (Fsp3) is 0.237. The molecule has 4 aromatic carbocycles. The summed E-state index contributed by atoms with van der Waals surface area (Å²) in [6.45, 7) is 5.42. The van der Waals surface area contributed by atoms with Gasteiger partial charge in [-0.3, -0.25) is 5.10 Å². The van der Waals surface area contributed by atoms with Gasteiger partial charge in [-0.15, -0.1) is 0 Å². The van der Waals surface area contributed by atoms with E-state index in [1.165, 1.54) is 28.6 Å². The zero-order valence-corrected chi connectivity index (χ0v) is 26.6. The molecule has 2 aromatic heterocycles. The van der Waals surface area contributed by atoms with Gasteiger partial charge in [0, 0.05) is 60.1 Å². The van der Waals surface area contributed by atoms with Crippen molar-refractivity contribution >= 4 is 16.6 Å². The molecule has 9 nitrogen and oxygen atoms in total. The predicted octanol–water partition coefficient (Wildman–Crippen LogP) is 6.85. The quantitative estimate of drug-likeness (QED) is 0.0990. The number of aromatic nitrogens is 3. The molecule has 3 N–H and O–H groups in total. The topological polar surface area (TPSA) is 94.6 Å². The Morgan fingerprint density at radius 1 is 0.792 bits per heavy atom. The minimum atomic E-state index is -0.215. The molecule has 0 fully saturated rings. The first-order valence-electron chi connectivity index (χ1n) is 16.2. The van der Waals surface area contributed by atoms with E-state index in [1.54, 1.807) is 0 Å². The Kier molecular flexibility index (Phi) is 9.93. The molecule has 10 heteroatoms. The van der Waals surface area contributed by atoms with Gasteiger partial charge in [0.25, 0.3) is 0 Å². The Morgan fingerprint density at radius 2 is 1.62 bits per heavy atom. The van der Waals surface area contributed by atoms with Crippen LogP contribution in [0.15, 0.2) is 103 Å². The average Bonchev–Trinajstić information content (AvgIpc) is 3.89. The number of rotatable bonds is 16. The number of nitrogens with zero attached hydrogens (tertiary/aromatic N) is 2. The van der Waals surface area contributed by atoms with Crippen molar-refractivity contribution in [3.8, 4) is 34.0 Å². The fourth-order valence-corrected chi connectivity index (χ4v) is 5.79. The monoisotopic (exact) mass is 647 g/mol. The van der Waals surface area contributed by atoms with Crippen molar-refractivity contribution in [1.82, 2.24) is 20.1 Å². The third-order valence-electron chi connectivity index (χ3n) is 8.28. The number of hydrogen-bond donors (Lipinski definition) is 3. The lowest BCUT2D eigenvalue weighted by Crippen LogP contribution is -2.20. The third kappa shape index (κ3) is 7.69. The molecule has 0 saturated heterocycles. The largest absolute Gasteiger partial charge is 0.454 e. The van der Waals surface area contributed by atoms with Gasteiger partial charge in [-0.25, -0.2) is 4.39 Å². The maximum atomic E-state index is 13.3. The zero-order chi connectivity index (χ0) is 32.5. The van der Waals surface area contributed by atoms with Crippen molar-refractivity contribution in [2.24, 2.45) is 0 Å². The Balaban J connectivity index is 0.775. The average molecular weight is 648 g/mol. The number of H-pyrrole nitrogens is 1. The van der Waals surface area contributed by atoms with Crippen molar-refractivity contribution in [2.75, 3.05) is 51.6 Å². The van der Waals surface area contributed by atoms with Gasteiger partial charge in [0.15, 0.2) is 11.5 Å². The number of fused-ring (bicyclic) bond motifs is 2. The zero-order valence-electron chi connectivity index (χ0n) is 26.6. The van der Waals surface area contributed by atoms with Gasteiger partial charge in [0.1, 0.15) is 5.82 Å². The number of benzene rings is 4. The number of hydrogen-bond acceptors (Lipinski definition) is 7. The molecule has 0 spiro atoms. The van der Waals surface area contributed by atoms with Gasteiger partial charge in [-0.05, 0) is 71.8 Å². The summed E-state index contributed by atoms with van der Waals surface area (Å²) in [6, 6.07) is 31.2. The summed E-state index contributed by atoms with van der Waals surface area (Å²) in [5.41, 5.74) is 8.27. The number of halogens is 1. The van der Waals surface area contributed by atoms with Crippen LogP contribution in [-0.2, 0) is 22.6 Å². The van der Waals surface area contributed by atoms with E-state index in [0.717, 1.165) is 58.4 Å². The van der Waals surface area contributed by atoms with Crippen molar-refractivity contribution in [2.45, 2.75) is 13.1 Å². The second-order valence-corrected chi connectivity index (χ2v) is 11.6. The summed E-state index contributed by atoms with van der Waals surface area (Å²) in [5.74, 6) is 1.29. The molecule has 0 unspecified atom stereocenters. The lowest BCUT2D eigenvalue weighted by molar-refractivity contribution is 0.0527. The molecular weight excluding hydrogens is 609 g/mol. The van der Waals surface area contributed by atoms with E-state index in [1.807, 2.05) is 54.6 Å². The molecule has 0 bridgehead atoms. The first-order valence-corrected chi connectivity index (χ1v) is 16.2. The molecule has 6 aromatic rings. The fourth-order valence-electron chi connectivity index (χ4n) is 5.79. The first-order chi connectivity index (χ1) is 23.7. The third-order valence-corrected chi connectivity index (χ3v) is 8.28. The molecule has 7 rings (SSSR count). The van der Waals surface area contributed by atoms with E-state index < -0.39 is 0 Å². The highest BCUT2D eigenvalue weighted by Gasteiger charge is 2.15. The smallest absolute Gasteiger partial charge is 0.231 e. The van der Waals surface area contributed by atoms with Crippen LogP contribution in [0.5, 0.6) is 11.5 Å². The van der Waals surface area contributed by atoms with E-state index in [-0.39, 0.29) is 12.6 Å². The van der Waals surface area contributed by atoms with Gasteiger partial charge in [0.2, 0.25) is 6.79 Å².